The van der Waals surface area contributed by atoms with Crippen molar-refractivity contribution in [2.24, 2.45) is 0 Å². The lowest BCUT2D eigenvalue weighted by molar-refractivity contribution is 0.0952. The van der Waals surface area contributed by atoms with Crippen LogP contribution < -0.4 is 16.2 Å². The van der Waals surface area contributed by atoms with Gasteiger partial charge in [-0.3, -0.25) is 9.59 Å². The fraction of sp³-hybridized carbons (Fsp3) is 0.429. The van der Waals surface area contributed by atoms with E-state index in [9.17, 15) is 18.0 Å². The van der Waals surface area contributed by atoms with Crippen LogP contribution in [0.15, 0.2) is 23.1 Å². The van der Waals surface area contributed by atoms with Crippen molar-refractivity contribution < 1.29 is 13.2 Å². The van der Waals surface area contributed by atoms with Crippen molar-refractivity contribution in [2.75, 3.05) is 23.9 Å². The number of hydrogen-bond acceptors (Lipinski definition) is 7. The summed E-state index contributed by atoms with van der Waals surface area (Å²) in [5.74, 6) is -0.0722. The fourth-order valence-electron chi connectivity index (χ4n) is 3.40. The number of amides is 1. The number of fused-ring (bicyclic) bond motifs is 1. The molecule has 10 nitrogen and oxygen atoms in total. The van der Waals surface area contributed by atoms with E-state index in [0.29, 0.717) is 28.0 Å². The summed E-state index contributed by atoms with van der Waals surface area (Å²) in [4.78, 5) is 32.6. The average molecular weight is 461 g/mol. The lowest BCUT2D eigenvalue weighted by Gasteiger charge is -2.12. The Hall–Kier alpha value is -3.21. The summed E-state index contributed by atoms with van der Waals surface area (Å²) < 4.78 is 24.6. The number of anilines is 1. The number of carbonyl (C=O) groups excluding carboxylic acids is 1. The molecular formula is C21H28N6O4S. The second-order valence-corrected chi connectivity index (χ2v) is 10.4. The van der Waals surface area contributed by atoms with Gasteiger partial charge in [-0.2, -0.15) is 5.10 Å². The first-order valence-electron chi connectivity index (χ1n) is 10.2. The van der Waals surface area contributed by atoms with Gasteiger partial charge in [0, 0.05) is 36.6 Å². The molecule has 32 heavy (non-hydrogen) atoms. The van der Waals surface area contributed by atoms with Crippen LogP contribution in [0.1, 0.15) is 47.1 Å². The second-order valence-electron chi connectivity index (χ2n) is 8.16. The zero-order valence-electron chi connectivity index (χ0n) is 18.8. The van der Waals surface area contributed by atoms with E-state index >= 15 is 0 Å². The Balaban J connectivity index is 1.93. The van der Waals surface area contributed by atoms with E-state index < -0.39 is 9.84 Å². The highest BCUT2D eigenvalue weighted by Crippen LogP contribution is 2.23. The molecule has 0 aromatic carbocycles. The minimum atomic E-state index is -3.14. The van der Waals surface area contributed by atoms with Crippen molar-refractivity contribution in [3.63, 3.8) is 0 Å². The SMILES string of the molecule is Cc1cc(C)c(CNC(=O)c2cc(NCCS(C)(=O)=O)nc3c2cnn3C(C)C)c(=O)[nH]1. The van der Waals surface area contributed by atoms with Gasteiger partial charge in [-0.15, -0.1) is 0 Å². The predicted octanol–water partition coefficient (Wildman–Crippen LogP) is 1.70. The molecule has 3 aromatic heterocycles. The molecule has 0 bridgehead atoms. The van der Waals surface area contributed by atoms with Crippen LogP contribution in [0.3, 0.4) is 0 Å². The Labute approximate surface area is 186 Å². The predicted molar refractivity (Wildman–Crippen MR) is 124 cm³/mol. The number of rotatable bonds is 8. The molecule has 0 saturated heterocycles. The molecule has 0 atom stereocenters. The standard InChI is InChI=1S/C21H28N6O4S/c1-12(2)27-19-17(11-24-27)15(9-18(26-19)22-6-7-32(5,30)31)20(28)23-10-16-13(3)8-14(4)25-21(16)29/h8-9,11-12H,6-7,10H2,1-5H3,(H,22,26)(H,23,28)(H,25,29). The average Bonchev–Trinajstić information content (AvgIpc) is 3.09. The van der Waals surface area contributed by atoms with Crippen LogP contribution in [0, 0.1) is 13.8 Å². The molecule has 1 amide bonds. The highest BCUT2D eigenvalue weighted by atomic mass is 32.2. The number of sulfone groups is 1. The molecule has 3 N–H and O–H groups in total. The summed E-state index contributed by atoms with van der Waals surface area (Å²) in [7, 11) is -3.14. The van der Waals surface area contributed by atoms with E-state index in [-0.39, 0.29) is 36.4 Å². The molecule has 0 aliphatic heterocycles. The normalized spacial score (nSPS) is 11.8. The second kappa shape index (κ2) is 9.11. The molecule has 0 radical (unpaired) electrons. The first-order chi connectivity index (χ1) is 15.0. The van der Waals surface area contributed by atoms with Crippen molar-refractivity contribution in [1.82, 2.24) is 25.1 Å². The highest BCUT2D eigenvalue weighted by molar-refractivity contribution is 7.90. The number of hydrogen-bond donors (Lipinski definition) is 3. The fourth-order valence-corrected chi connectivity index (χ4v) is 3.88. The monoisotopic (exact) mass is 460 g/mol. The van der Waals surface area contributed by atoms with Gasteiger partial charge in [0.05, 0.1) is 22.9 Å². The summed E-state index contributed by atoms with van der Waals surface area (Å²) in [6.07, 6.45) is 2.74. The van der Waals surface area contributed by atoms with Gasteiger partial charge in [-0.05, 0) is 45.4 Å². The highest BCUT2D eigenvalue weighted by Gasteiger charge is 2.19. The quantitative estimate of drug-likeness (QED) is 0.465. The van der Waals surface area contributed by atoms with E-state index in [1.807, 2.05) is 26.8 Å². The van der Waals surface area contributed by atoms with Gasteiger partial charge >= 0.3 is 0 Å². The van der Waals surface area contributed by atoms with Crippen LogP contribution in [0.5, 0.6) is 0 Å². The van der Waals surface area contributed by atoms with Crippen molar-refractivity contribution in [2.45, 2.75) is 40.3 Å². The molecule has 3 heterocycles. The van der Waals surface area contributed by atoms with Gasteiger partial charge in [-0.1, -0.05) is 0 Å². The maximum Gasteiger partial charge on any atom is 0.253 e. The van der Waals surface area contributed by atoms with Crippen LogP contribution in [-0.2, 0) is 16.4 Å². The van der Waals surface area contributed by atoms with Crippen molar-refractivity contribution in [3.8, 4) is 0 Å². The summed E-state index contributed by atoms with van der Waals surface area (Å²) >= 11 is 0. The van der Waals surface area contributed by atoms with E-state index in [1.54, 1.807) is 23.9 Å². The van der Waals surface area contributed by atoms with Crippen LogP contribution in [-0.4, -0.2) is 52.6 Å². The van der Waals surface area contributed by atoms with E-state index in [0.717, 1.165) is 17.5 Å². The van der Waals surface area contributed by atoms with Gasteiger partial charge in [0.25, 0.3) is 11.5 Å². The van der Waals surface area contributed by atoms with Crippen LogP contribution in [0.4, 0.5) is 5.82 Å². The molecule has 0 aliphatic carbocycles. The van der Waals surface area contributed by atoms with Crippen LogP contribution in [0.25, 0.3) is 11.0 Å². The molecule has 172 valence electrons. The van der Waals surface area contributed by atoms with E-state index in [4.69, 9.17) is 0 Å². The first kappa shape index (κ1) is 23.5. The van der Waals surface area contributed by atoms with Crippen LogP contribution >= 0.6 is 0 Å². The van der Waals surface area contributed by atoms with Crippen molar-refractivity contribution in [1.29, 1.82) is 0 Å². The Kier molecular flexibility index (Phi) is 6.68. The van der Waals surface area contributed by atoms with Gasteiger partial charge in [0.15, 0.2) is 5.65 Å². The summed E-state index contributed by atoms with van der Waals surface area (Å²) in [6, 6.07) is 3.43. The molecular weight excluding hydrogens is 432 g/mol. The summed E-state index contributed by atoms with van der Waals surface area (Å²) in [5.41, 5.74) is 2.65. The van der Waals surface area contributed by atoms with Gasteiger partial charge in [0.1, 0.15) is 15.7 Å². The van der Waals surface area contributed by atoms with Gasteiger partial charge in [-0.25, -0.2) is 18.1 Å². The third-order valence-corrected chi connectivity index (χ3v) is 5.94. The number of nitrogens with one attached hydrogen (secondary N) is 3. The van der Waals surface area contributed by atoms with Gasteiger partial charge < -0.3 is 15.6 Å². The third kappa shape index (κ3) is 5.34. The number of H-pyrrole nitrogens is 1. The number of nitrogens with zero attached hydrogens (tertiary/aromatic N) is 3. The van der Waals surface area contributed by atoms with Crippen molar-refractivity contribution >= 4 is 32.6 Å². The maximum atomic E-state index is 13.1. The minimum absolute atomic E-state index is 0.0101. The van der Waals surface area contributed by atoms with E-state index in [2.05, 4.69) is 25.7 Å². The Bertz CT molecular complexity index is 1320. The number of carbonyl (C=O) groups is 1. The molecule has 11 heteroatoms. The van der Waals surface area contributed by atoms with E-state index in [1.165, 1.54) is 0 Å². The zero-order valence-corrected chi connectivity index (χ0v) is 19.6. The Morgan fingerprint density at radius 1 is 1.25 bits per heavy atom. The lowest BCUT2D eigenvalue weighted by atomic mass is 10.1. The topological polar surface area (TPSA) is 139 Å². The minimum Gasteiger partial charge on any atom is -0.369 e. The van der Waals surface area contributed by atoms with Crippen LogP contribution in [0.2, 0.25) is 0 Å². The molecule has 0 unspecified atom stereocenters. The smallest absolute Gasteiger partial charge is 0.253 e. The number of pyridine rings is 2. The maximum absolute atomic E-state index is 13.1. The Morgan fingerprint density at radius 3 is 2.59 bits per heavy atom. The summed E-state index contributed by atoms with van der Waals surface area (Å²) in [5, 5.41) is 10.7. The Morgan fingerprint density at radius 2 is 1.97 bits per heavy atom. The first-order valence-corrected chi connectivity index (χ1v) is 12.3. The molecule has 3 rings (SSSR count). The zero-order chi connectivity index (χ0) is 23.6. The summed E-state index contributed by atoms with van der Waals surface area (Å²) in [6.45, 7) is 7.75. The molecule has 0 aliphatic rings. The molecule has 0 fully saturated rings. The molecule has 0 spiro atoms. The van der Waals surface area contributed by atoms with Crippen molar-refractivity contribution in [3.05, 3.63) is 51.1 Å². The number of aromatic nitrogens is 4. The molecule has 3 aromatic rings. The third-order valence-electron chi connectivity index (χ3n) is 5.00. The molecule has 0 saturated carbocycles. The number of aromatic amines is 1. The number of aryl methyl sites for hydroxylation is 2. The van der Waals surface area contributed by atoms with Gasteiger partial charge in [0.2, 0.25) is 0 Å². The lowest BCUT2D eigenvalue weighted by Crippen LogP contribution is -2.28. The largest absolute Gasteiger partial charge is 0.369 e.